The van der Waals surface area contributed by atoms with Crippen molar-refractivity contribution in [3.05, 3.63) is 35.3 Å². The van der Waals surface area contributed by atoms with Crippen molar-refractivity contribution in [3.63, 3.8) is 0 Å². The van der Waals surface area contributed by atoms with E-state index in [1.807, 2.05) is 26.1 Å². The summed E-state index contributed by atoms with van der Waals surface area (Å²) in [5, 5.41) is 8.77. The molecule has 0 atom stereocenters. The summed E-state index contributed by atoms with van der Waals surface area (Å²) in [6.45, 7) is 3.91. The van der Waals surface area contributed by atoms with Crippen LogP contribution in [-0.4, -0.2) is 20.5 Å². The Balaban J connectivity index is 0.00000112. The van der Waals surface area contributed by atoms with E-state index in [2.05, 4.69) is 4.98 Å². The van der Waals surface area contributed by atoms with Crippen LogP contribution in [0.4, 0.5) is 0 Å². The van der Waals surface area contributed by atoms with Crippen LogP contribution < -0.4 is 0 Å². The number of aromatic nitrogens is 2. The highest BCUT2D eigenvalue weighted by molar-refractivity contribution is 5.86. The van der Waals surface area contributed by atoms with E-state index in [9.17, 15) is 4.79 Å². The van der Waals surface area contributed by atoms with Crippen LogP contribution in [0.5, 0.6) is 0 Å². The molecule has 0 aliphatic carbocycles. The molecule has 0 fully saturated rings. The molecule has 0 unspecified atom stereocenters. The van der Waals surface area contributed by atoms with Crippen molar-refractivity contribution in [2.45, 2.75) is 13.8 Å². The molecule has 2 aromatic heterocycles. The molecular formula is C10H11ClN2O2. The largest absolute Gasteiger partial charge is 0.476 e. The summed E-state index contributed by atoms with van der Waals surface area (Å²) < 4.78 is 1.73. The summed E-state index contributed by atoms with van der Waals surface area (Å²) in [5.74, 6) is -0.995. The van der Waals surface area contributed by atoms with Crippen molar-refractivity contribution in [1.82, 2.24) is 9.38 Å². The Morgan fingerprint density at radius 3 is 2.73 bits per heavy atom. The second-order valence-electron chi connectivity index (χ2n) is 3.29. The number of nitrogens with zero attached hydrogens (tertiary/aromatic N) is 2. The summed E-state index contributed by atoms with van der Waals surface area (Å²) in [7, 11) is 0. The molecule has 2 aromatic rings. The van der Waals surface area contributed by atoms with Crippen LogP contribution in [-0.2, 0) is 0 Å². The van der Waals surface area contributed by atoms with Crippen LogP contribution in [0.15, 0.2) is 18.5 Å². The summed E-state index contributed by atoms with van der Waals surface area (Å²) in [4.78, 5) is 14.7. The van der Waals surface area contributed by atoms with Gasteiger partial charge in [-0.05, 0) is 31.0 Å². The molecule has 2 rings (SSSR count). The number of halogens is 1. The fourth-order valence-corrected chi connectivity index (χ4v) is 1.38. The molecule has 4 nitrogen and oxygen atoms in total. The number of pyridine rings is 1. The van der Waals surface area contributed by atoms with Gasteiger partial charge in [0, 0.05) is 12.4 Å². The normalized spacial score (nSPS) is 10.0. The van der Waals surface area contributed by atoms with Gasteiger partial charge in [0.25, 0.3) is 0 Å². The first-order chi connectivity index (χ1) is 6.59. The molecule has 0 aromatic carbocycles. The molecule has 2 heterocycles. The number of carboxylic acid groups (broad SMARTS) is 1. The first-order valence-corrected chi connectivity index (χ1v) is 4.28. The van der Waals surface area contributed by atoms with Gasteiger partial charge in [0.15, 0.2) is 5.69 Å². The zero-order valence-corrected chi connectivity index (χ0v) is 9.21. The van der Waals surface area contributed by atoms with E-state index in [1.165, 1.54) is 6.20 Å². The number of hydrogen-bond acceptors (Lipinski definition) is 2. The summed E-state index contributed by atoms with van der Waals surface area (Å²) in [5.41, 5.74) is 2.92. The molecule has 0 amide bonds. The molecule has 0 aliphatic heterocycles. The monoisotopic (exact) mass is 226 g/mol. The third-order valence-electron chi connectivity index (χ3n) is 2.36. The molecule has 5 heteroatoms. The second-order valence-corrected chi connectivity index (χ2v) is 3.29. The topological polar surface area (TPSA) is 54.6 Å². The Hall–Kier alpha value is -1.55. The van der Waals surface area contributed by atoms with Gasteiger partial charge in [-0.1, -0.05) is 0 Å². The van der Waals surface area contributed by atoms with Crippen LogP contribution in [0.25, 0.3) is 5.65 Å². The van der Waals surface area contributed by atoms with Gasteiger partial charge in [-0.15, -0.1) is 12.4 Å². The highest BCUT2D eigenvalue weighted by atomic mass is 35.5. The smallest absolute Gasteiger partial charge is 0.356 e. The molecule has 0 radical (unpaired) electrons. The second kappa shape index (κ2) is 3.90. The van der Waals surface area contributed by atoms with Crippen LogP contribution in [0.3, 0.4) is 0 Å². The number of aryl methyl sites for hydroxylation is 2. The Morgan fingerprint density at radius 2 is 2.13 bits per heavy atom. The number of carbonyl (C=O) groups is 1. The molecular weight excluding hydrogens is 216 g/mol. The Labute approximate surface area is 93.0 Å². The molecule has 1 N–H and O–H groups in total. The van der Waals surface area contributed by atoms with E-state index in [0.717, 1.165) is 11.1 Å². The number of aromatic carboxylic acids is 1. The Bertz CT molecular complexity index is 519. The standard InChI is InChI=1S/C10H10N2O2.ClH/c1-6-3-4-12-5-8(10(13)14)11-9(12)7(6)2;/h3-5H,1-2H3,(H,13,14);1H. The number of carboxylic acids is 1. The van der Waals surface area contributed by atoms with E-state index in [0.29, 0.717) is 5.65 Å². The van der Waals surface area contributed by atoms with E-state index in [1.54, 1.807) is 4.40 Å². The van der Waals surface area contributed by atoms with Crippen molar-refractivity contribution >= 4 is 24.0 Å². The van der Waals surface area contributed by atoms with Crippen LogP contribution in [0.2, 0.25) is 0 Å². The number of rotatable bonds is 1. The Kier molecular flexibility index (Phi) is 3.00. The minimum Gasteiger partial charge on any atom is -0.476 e. The predicted octanol–water partition coefficient (Wildman–Crippen LogP) is 2.07. The summed E-state index contributed by atoms with van der Waals surface area (Å²) >= 11 is 0. The lowest BCUT2D eigenvalue weighted by Crippen LogP contribution is -1.95. The van der Waals surface area contributed by atoms with Gasteiger partial charge in [-0.25, -0.2) is 9.78 Å². The maximum Gasteiger partial charge on any atom is 0.356 e. The fraction of sp³-hybridized carbons (Fsp3) is 0.200. The van der Waals surface area contributed by atoms with E-state index < -0.39 is 5.97 Å². The first kappa shape index (κ1) is 11.5. The lowest BCUT2D eigenvalue weighted by atomic mass is 10.2. The van der Waals surface area contributed by atoms with Gasteiger partial charge in [0.1, 0.15) is 5.65 Å². The zero-order valence-electron chi connectivity index (χ0n) is 8.39. The molecule has 80 valence electrons. The highest BCUT2D eigenvalue weighted by Crippen LogP contribution is 2.14. The van der Waals surface area contributed by atoms with Crippen LogP contribution >= 0.6 is 12.4 Å². The quantitative estimate of drug-likeness (QED) is 0.810. The fourth-order valence-electron chi connectivity index (χ4n) is 1.38. The first-order valence-electron chi connectivity index (χ1n) is 4.28. The molecule has 15 heavy (non-hydrogen) atoms. The van der Waals surface area contributed by atoms with Crippen molar-refractivity contribution in [1.29, 1.82) is 0 Å². The van der Waals surface area contributed by atoms with Crippen LogP contribution in [0.1, 0.15) is 21.6 Å². The van der Waals surface area contributed by atoms with Crippen molar-refractivity contribution in [2.75, 3.05) is 0 Å². The lowest BCUT2D eigenvalue weighted by molar-refractivity contribution is 0.0691. The van der Waals surface area contributed by atoms with Gasteiger partial charge >= 0.3 is 5.97 Å². The zero-order chi connectivity index (χ0) is 10.3. The minimum atomic E-state index is -0.995. The molecule has 0 saturated carbocycles. The van der Waals surface area contributed by atoms with Gasteiger partial charge in [-0.2, -0.15) is 0 Å². The van der Waals surface area contributed by atoms with Gasteiger partial charge in [0.05, 0.1) is 0 Å². The third-order valence-corrected chi connectivity index (χ3v) is 2.36. The number of imidazole rings is 1. The van der Waals surface area contributed by atoms with Gasteiger partial charge in [-0.3, -0.25) is 0 Å². The summed E-state index contributed by atoms with van der Waals surface area (Å²) in [6.07, 6.45) is 3.33. The lowest BCUT2D eigenvalue weighted by Gasteiger charge is -2.00. The third kappa shape index (κ3) is 1.80. The van der Waals surface area contributed by atoms with Gasteiger partial charge in [0.2, 0.25) is 0 Å². The van der Waals surface area contributed by atoms with Gasteiger partial charge < -0.3 is 9.51 Å². The maximum atomic E-state index is 10.7. The van der Waals surface area contributed by atoms with E-state index in [-0.39, 0.29) is 18.1 Å². The Morgan fingerprint density at radius 1 is 1.47 bits per heavy atom. The predicted molar refractivity (Wildman–Crippen MR) is 58.9 cm³/mol. The van der Waals surface area contributed by atoms with E-state index in [4.69, 9.17) is 5.11 Å². The van der Waals surface area contributed by atoms with Crippen molar-refractivity contribution in [2.24, 2.45) is 0 Å². The minimum absolute atomic E-state index is 0. The molecule has 0 aliphatic rings. The SMILES string of the molecule is Cc1ccn2cc(C(=O)O)nc2c1C.Cl. The average Bonchev–Trinajstić information content (AvgIpc) is 2.56. The molecule has 0 saturated heterocycles. The number of fused-ring (bicyclic) bond motifs is 1. The number of hydrogen-bond donors (Lipinski definition) is 1. The highest BCUT2D eigenvalue weighted by Gasteiger charge is 2.10. The van der Waals surface area contributed by atoms with Crippen molar-refractivity contribution in [3.8, 4) is 0 Å². The molecule has 0 spiro atoms. The van der Waals surface area contributed by atoms with E-state index >= 15 is 0 Å². The summed E-state index contributed by atoms with van der Waals surface area (Å²) in [6, 6.07) is 1.94. The van der Waals surface area contributed by atoms with Crippen molar-refractivity contribution < 1.29 is 9.90 Å². The maximum absolute atomic E-state index is 10.7. The van der Waals surface area contributed by atoms with Crippen LogP contribution in [0, 0.1) is 13.8 Å². The average molecular weight is 227 g/mol. The molecule has 0 bridgehead atoms.